The zero-order valence-corrected chi connectivity index (χ0v) is 12.6. The average molecular weight is 306 g/mol. The van der Waals surface area contributed by atoms with E-state index in [1.807, 2.05) is 30.3 Å². The van der Waals surface area contributed by atoms with Crippen molar-refractivity contribution in [2.75, 3.05) is 0 Å². The molecule has 3 aromatic rings. The van der Waals surface area contributed by atoms with Crippen LogP contribution in [-0.2, 0) is 6.54 Å². The average Bonchev–Trinajstić information content (AvgIpc) is 3.11. The lowest BCUT2D eigenvalue weighted by molar-refractivity contribution is 0.1000. The summed E-state index contributed by atoms with van der Waals surface area (Å²) in [5, 5.41) is 3.48. The monoisotopic (exact) mass is 306 g/mol. The molecule has 116 valence electrons. The third-order valence-electron chi connectivity index (χ3n) is 3.65. The molecule has 1 heterocycles. The Balaban J connectivity index is 1.80. The molecule has 4 N–H and O–H groups in total. The maximum Gasteiger partial charge on any atom is 0.248 e. The van der Waals surface area contributed by atoms with Crippen LogP contribution in [0, 0.1) is 0 Å². The van der Waals surface area contributed by atoms with Gasteiger partial charge in [0.2, 0.25) is 5.91 Å². The van der Waals surface area contributed by atoms with Gasteiger partial charge in [-0.15, -0.1) is 0 Å². The highest BCUT2D eigenvalue weighted by molar-refractivity contribution is 5.92. The molecule has 0 aliphatic carbocycles. The van der Waals surface area contributed by atoms with Crippen LogP contribution in [-0.4, -0.2) is 15.9 Å². The van der Waals surface area contributed by atoms with Crippen molar-refractivity contribution in [2.24, 2.45) is 5.73 Å². The number of primary amides is 1. The zero-order valence-electron chi connectivity index (χ0n) is 12.6. The number of carbonyl (C=O) groups is 1. The number of carbonyl (C=O) groups excluding carboxylic acids is 1. The molecular formula is C18H18N4O. The molecule has 2 aromatic carbocycles. The van der Waals surface area contributed by atoms with Crippen LogP contribution in [0.5, 0.6) is 0 Å². The standard InChI is InChI=1S/C18H18N4O/c19-17(23)15-8-4-5-13(11-15)12-22-16(18-20-9-10-21-18)14-6-2-1-3-7-14/h1-11,16,22H,12H2,(H2,19,23)(H,20,21). The van der Waals surface area contributed by atoms with Crippen LogP contribution in [0.1, 0.15) is 33.4 Å². The predicted molar refractivity (Wildman–Crippen MR) is 88.7 cm³/mol. The third-order valence-corrected chi connectivity index (χ3v) is 3.65. The van der Waals surface area contributed by atoms with Crippen molar-refractivity contribution in [3.8, 4) is 0 Å². The summed E-state index contributed by atoms with van der Waals surface area (Å²) in [6.45, 7) is 0.599. The van der Waals surface area contributed by atoms with E-state index in [4.69, 9.17) is 5.73 Å². The second-order valence-corrected chi connectivity index (χ2v) is 5.26. The van der Waals surface area contributed by atoms with Crippen LogP contribution in [0.25, 0.3) is 0 Å². The number of nitrogens with one attached hydrogen (secondary N) is 2. The van der Waals surface area contributed by atoms with Crippen molar-refractivity contribution >= 4 is 5.91 Å². The maximum atomic E-state index is 11.3. The summed E-state index contributed by atoms with van der Waals surface area (Å²) >= 11 is 0. The first kappa shape index (κ1) is 15.0. The minimum absolute atomic E-state index is 0.0524. The van der Waals surface area contributed by atoms with E-state index in [1.54, 1.807) is 24.5 Å². The fraction of sp³-hybridized carbons (Fsp3) is 0.111. The van der Waals surface area contributed by atoms with Gasteiger partial charge >= 0.3 is 0 Å². The normalized spacial score (nSPS) is 12.0. The van der Waals surface area contributed by atoms with Gasteiger partial charge in [0.1, 0.15) is 5.82 Å². The second kappa shape index (κ2) is 6.89. The number of hydrogen-bond donors (Lipinski definition) is 3. The minimum atomic E-state index is -0.419. The molecule has 3 rings (SSSR count). The molecule has 1 aromatic heterocycles. The van der Waals surface area contributed by atoms with E-state index in [0.717, 1.165) is 17.0 Å². The van der Waals surface area contributed by atoms with Crippen molar-refractivity contribution in [3.05, 3.63) is 89.5 Å². The number of H-pyrrole nitrogens is 1. The number of hydrogen-bond acceptors (Lipinski definition) is 3. The number of aromatic amines is 1. The molecule has 5 nitrogen and oxygen atoms in total. The van der Waals surface area contributed by atoms with E-state index >= 15 is 0 Å². The van der Waals surface area contributed by atoms with Gasteiger partial charge in [-0.2, -0.15) is 0 Å². The predicted octanol–water partition coefficient (Wildman–Crippen LogP) is 2.39. The number of aromatic nitrogens is 2. The van der Waals surface area contributed by atoms with Gasteiger partial charge in [0.25, 0.3) is 0 Å². The van der Waals surface area contributed by atoms with E-state index < -0.39 is 5.91 Å². The summed E-state index contributed by atoms with van der Waals surface area (Å²) < 4.78 is 0. The highest BCUT2D eigenvalue weighted by Gasteiger charge is 2.15. The highest BCUT2D eigenvalue weighted by Crippen LogP contribution is 2.19. The minimum Gasteiger partial charge on any atom is -0.366 e. The summed E-state index contributed by atoms with van der Waals surface area (Å²) in [5.41, 5.74) is 7.96. The summed E-state index contributed by atoms with van der Waals surface area (Å²) in [6, 6.07) is 17.4. The largest absolute Gasteiger partial charge is 0.366 e. The first-order chi connectivity index (χ1) is 11.2. The first-order valence-electron chi connectivity index (χ1n) is 7.40. The lowest BCUT2D eigenvalue weighted by atomic mass is 10.1. The lowest BCUT2D eigenvalue weighted by Crippen LogP contribution is -2.23. The van der Waals surface area contributed by atoms with Gasteiger partial charge in [-0.3, -0.25) is 10.1 Å². The fourth-order valence-corrected chi connectivity index (χ4v) is 2.51. The lowest BCUT2D eigenvalue weighted by Gasteiger charge is -2.17. The fourth-order valence-electron chi connectivity index (χ4n) is 2.51. The van der Waals surface area contributed by atoms with Crippen LogP contribution >= 0.6 is 0 Å². The van der Waals surface area contributed by atoms with E-state index in [9.17, 15) is 4.79 Å². The van der Waals surface area contributed by atoms with Gasteiger partial charge in [-0.05, 0) is 23.3 Å². The summed E-state index contributed by atoms with van der Waals surface area (Å²) in [6.07, 6.45) is 3.54. The number of nitrogens with two attached hydrogens (primary N) is 1. The van der Waals surface area contributed by atoms with E-state index in [1.165, 1.54) is 0 Å². The molecular weight excluding hydrogens is 288 g/mol. The Kier molecular flexibility index (Phi) is 4.49. The first-order valence-corrected chi connectivity index (χ1v) is 7.40. The third kappa shape index (κ3) is 3.64. The van der Waals surface area contributed by atoms with Crippen molar-refractivity contribution in [2.45, 2.75) is 12.6 Å². The van der Waals surface area contributed by atoms with Crippen LogP contribution in [0.15, 0.2) is 67.0 Å². The Morgan fingerprint density at radius 2 is 2.00 bits per heavy atom. The summed E-state index contributed by atoms with van der Waals surface area (Å²) in [7, 11) is 0. The smallest absolute Gasteiger partial charge is 0.248 e. The van der Waals surface area contributed by atoms with Gasteiger partial charge in [0.05, 0.1) is 6.04 Å². The Bertz CT molecular complexity index is 769. The van der Waals surface area contributed by atoms with Crippen LogP contribution in [0.2, 0.25) is 0 Å². The number of imidazole rings is 1. The quantitative estimate of drug-likeness (QED) is 0.654. The van der Waals surface area contributed by atoms with Gasteiger partial charge in [-0.1, -0.05) is 42.5 Å². The summed E-state index contributed by atoms with van der Waals surface area (Å²) in [5.74, 6) is 0.430. The van der Waals surface area contributed by atoms with Crippen molar-refractivity contribution in [1.29, 1.82) is 0 Å². The zero-order chi connectivity index (χ0) is 16.1. The maximum absolute atomic E-state index is 11.3. The molecule has 0 aliphatic heterocycles. The summed E-state index contributed by atoms with van der Waals surface area (Å²) in [4.78, 5) is 18.8. The van der Waals surface area contributed by atoms with Crippen molar-refractivity contribution in [3.63, 3.8) is 0 Å². The van der Waals surface area contributed by atoms with Gasteiger partial charge in [-0.25, -0.2) is 4.98 Å². The molecule has 1 unspecified atom stereocenters. The Labute approximate surface area is 134 Å². The molecule has 0 saturated carbocycles. The molecule has 0 aliphatic rings. The molecule has 5 heteroatoms. The van der Waals surface area contributed by atoms with Crippen LogP contribution in [0.4, 0.5) is 0 Å². The van der Waals surface area contributed by atoms with E-state index in [-0.39, 0.29) is 6.04 Å². The van der Waals surface area contributed by atoms with E-state index in [0.29, 0.717) is 12.1 Å². The number of amides is 1. The van der Waals surface area contributed by atoms with Crippen molar-refractivity contribution in [1.82, 2.24) is 15.3 Å². The van der Waals surface area contributed by atoms with E-state index in [2.05, 4.69) is 27.4 Å². The molecule has 1 amide bonds. The Morgan fingerprint density at radius 3 is 2.70 bits per heavy atom. The molecule has 0 fully saturated rings. The molecule has 0 bridgehead atoms. The van der Waals surface area contributed by atoms with Gasteiger partial charge in [0.15, 0.2) is 0 Å². The Morgan fingerprint density at radius 1 is 1.17 bits per heavy atom. The molecule has 23 heavy (non-hydrogen) atoms. The van der Waals surface area contributed by atoms with Crippen LogP contribution in [0.3, 0.4) is 0 Å². The topological polar surface area (TPSA) is 83.8 Å². The van der Waals surface area contributed by atoms with Gasteiger partial charge < -0.3 is 10.7 Å². The molecule has 1 atom stereocenters. The molecule has 0 saturated heterocycles. The Hall–Kier alpha value is -2.92. The highest BCUT2D eigenvalue weighted by atomic mass is 16.1. The van der Waals surface area contributed by atoms with Gasteiger partial charge in [0, 0.05) is 24.5 Å². The molecule has 0 radical (unpaired) electrons. The number of benzene rings is 2. The number of rotatable bonds is 6. The molecule has 0 spiro atoms. The second-order valence-electron chi connectivity index (χ2n) is 5.26. The van der Waals surface area contributed by atoms with Crippen LogP contribution < -0.4 is 11.1 Å². The SMILES string of the molecule is NC(=O)c1cccc(CNC(c2ccccc2)c2ncc[nH]2)c1. The van der Waals surface area contributed by atoms with Crippen molar-refractivity contribution < 1.29 is 4.79 Å². The number of nitrogens with zero attached hydrogens (tertiary/aromatic N) is 1.